The number of aryl methyl sites for hydroxylation is 1. The monoisotopic (exact) mass is 231 g/mol. The molecule has 1 aromatic rings. The Morgan fingerprint density at radius 1 is 1.12 bits per heavy atom. The van der Waals surface area contributed by atoms with Crippen LogP contribution in [0, 0.1) is 13.8 Å². The third kappa shape index (κ3) is 2.26. The number of rotatable bonds is 2. The number of hydrogen-bond donors (Lipinski definition) is 1. The van der Waals surface area contributed by atoms with Crippen LogP contribution in [0.2, 0.25) is 0 Å². The lowest BCUT2D eigenvalue weighted by Crippen LogP contribution is -2.34. The van der Waals surface area contributed by atoms with Gasteiger partial charge in [0.05, 0.1) is 0 Å². The fourth-order valence-corrected chi connectivity index (χ4v) is 3.01. The number of benzene rings is 1. The molecule has 94 valence electrons. The maximum absolute atomic E-state index is 6.62. The first-order valence-corrected chi connectivity index (χ1v) is 6.84. The number of hydrogen-bond acceptors (Lipinski definition) is 1. The molecule has 1 saturated carbocycles. The maximum Gasteiger partial charge on any atom is 0.0412 e. The van der Waals surface area contributed by atoms with Gasteiger partial charge < -0.3 is 5.73 Å². The van der Waals surface area contributed by atoms with Crippen LogP contribution < -0.4 is 5.73 Å². The van der Waals surface area contributed by atoms with Crippen LogP contribution in [0.25, 0.3) is 0 Å². The highest BCUT2D eigenvalue weighted by molar-refractivity contribution is 5.43. The van der Waals surface area contributed by atoms with E-state index >= 15 is 0 Å². The average molecular weight is 231 g/mol. The molecule has 0 amide bonds. The molecule has 1 aromatic carbocycles. The molecule has 0 aromatic heterocycles. The Labute approximate surface area is 105 Å². The van der Waals surface area contributed by atoms with E-state index in [1.165, 1.54) is 35.1 Å². The zero-order chi connectivity index (χ0) is 12.6. The summed E-state index contributed by atoms with van der Waals surface area (Å²) in [5.74, 6) is 0.582. The van der Waals surface area contributed by atoms with E-state index in [-0.39, 0.29) is 5.54 Å². The van der Waals surface area contributed by atoms with Gasteiger partial charge in [0.1, 0.15) is 0 Å². The Balaban J connectivity index is 2.52. The minimum Gasteiger partial charge on any atom is -0.321 e. The van der Waals surface area contributed by atoms with Crippen molar-refractivity contribution in [2.75, 3.05) is 0 Å². The summed E-state index contributed by atoms with van der Waals surface area (Å²) in [7, 11) is 0. The summed E-state index contributed by atoms with van der Waals surface area (Å²) >= 11 is 0. The third-order valence-electron chi connectivity index (χ3n) is 4.39. The van der Waals surface area contributed by atoms with E-state index in [0.717, 1.165) is 12.8 Å². The van der Waals surface area contributed by atoms with Crippen molar-refractivity contribution < 1.29 is 0 Å². The van der Waals surface area contributed by atoms with Crippen LogP contribution in [0.1, 0.15) is 67.7 Å². The summed E-state index contributed by atoms with van der Waals surface area (Å²) in [6.07, 6.45) is 4.85. The van der Waals surface area contributed by atoms with Gasteiger partial charge in [0, 0.05) is 5.54 Å². The van der Waals surface area contributed by atoms with E-state index in [1.807, 2.05) is 0 Å². The van der Waals surface area contributed by atoms with Gasteiger partial charge in [-0.2, -0.15) is 0 Å². The standard InChI is InChI=1S/C16H25N/c1-11(2)14-9-12(3)13(4)15(10-14)16(17)7-5-6-8-16/h9-11H,5-8,17H2,1-4H3. The molecule has 0 aliphatic heterocycles. The molecule has 0 unspecified atom stereocenters. The molecule has 1 fully saturated rings. The minimum absolute atomic E-state index is 0.0558. The molecular weight excluding hydrogens is 206 g/mol. The third-order valence-corrected chi connectivity index (χ3v) is 4.39. The lowest BCUT2D eigenvalue weighted by atomic mass is 9.82. The summed E-state index contributed by atoms with van der Waals surface area (Å²) in [5.41, 5.74) is 12.2. The van der Waals surface area contributed by atoms with Crippen molar-refractivity contribution in [2.45, 2.75) is 64.8 Å². The van der Waals surface area contributed by atoms with Gasteiger partial charge in [0.2, 0.25) is 0 Å². The molecule has 2 N–H and O–H groups in total. The number of nitrogens with two attached hydrogens (primary N) is 1. The minimum atomic E-state index is -0.0558. The molecule has 0 saturated heterocycles. The van der Waals surface area contributed by atoms with E-state index < -0.39 is 0 Å². The molecule has 0 atom stereocenters. The molecule has 1 aliphatic carbocycles. The van der Waals surface area contributed by atoms with Crippen molar-refractivity contribution in [2.24, 2.45) is 5.73 Å². The summed E-state index contributed by atoms with van der Waals surface area (Å²) < 4.78 is 0. The topological polar surface area (TPSA) is 26.0 Å². The Hall–Kier alpha value is -0.820. The van der Waals surface area contributed by atoms with Crippen LogP contribution in [-0.2, 0) is 5.54 Å². The Morgan fingerprint density at radius 2 is 1.71 bits per heavy atom. The zero-order valence-electron chi connectivity index (χ0n) is 11.6. The molecule has 2 rings (SSSR count). The van der Waals surface area contributed by atoms with Crippen LogP contribution in [0.3, 0.4) is 0 Å². The second-order valence-electron chi connectivity index (χ2n) is 6.03. The van der Waals surface area contributed by atoms with Gasteiger partial charge in [-0.1, -0.05) is 38.8 Å². The zero-order valence-corrected chi connectivity index (χ0v) is 11.6. The second kappa shape index (κ2) is 4.45. The van der Waals surface area contributed by atoms with Gasteiger partial charge in [-0.25, -0.2) is 0 Å². The molecule has 1 heteroatoms. The molecule has 0 spiro atoms. The SMILES string of the molecule is Cc1cc(C(C)C)cc(C2(N)CCCC2)c1C. The largest absolute Gasteiger partial charge is 0.321 e. The molecule has 17 heavy (non-hydrogen) atoms. The average Bonchev–Trinajstić information content (AvgIpc) is 2.69. The summed E-state index contributed by atoms with van der Waals surface area (Å²) in [6.45, 7) is 8.95. The smallest absolute Gasteiger partial charge is 0.0412 e. The quantitative estimate of drug-likeness (QED) is 0.812. The van der Waals surface area contributed by atoms with Gasteiger partial charge in [0.15, 0.2) is 0 Å². The first-order valence-electron chi connectivity index (χ1n) is 6.84. The highest BCUT2D eigenvalue weighted by Gasteiger charge is 2.33. The van der Waals surface area contributed by atoms with Crippen molar-refractivity contribution in [3.8, 4) is 0 Å². The highest BCUT2D eigenvalue weighted by atomic mass is 14.8. The Morgan fingerprint density at radius 3 is 2.24 bits per heavy atom. The van der Waals surface area contributed by atoms with Crippen LogP contribution in [-0.4, -0.2) is 0 Å². The van der Waals surface area contributed by atoms with Gasteiger partial charge in [-0.05, 0) is 54.9 Å². The normalized spacial score (nSPS) is 18.9. The first kappa shape index (κ1) is 12.6. The van der Waals surface area contributed by atoms with E-state index in [4.69, 9.17) is 5.73 Å². The predicted molar refractivity (Wildman–Crippen MR) is 74.3 cm³/mol. The summed E-state index contributed by atoms with van der Waals surface area (Å²) in [4.78, 5) is 0. The van der Waals surface area contributed by atoms with Crippen LogP contribution in [0.4, 0.5) is 0 Å². The van der Waals surface area contributed by atoms with Gasteiger partial charge in [0.25, 0.3) is 0 Å². The first-order chi connectivity index (χ1) is 7.94. The van der Waals surface area contributed by atoms with Crippen LogP contribution in [0.15, 0.2) is 12.1 Å². The molecule has 1 nitrogen and oxygen atoms in total. The highest BCUT2D eigenvalue weighted by Crippen LogP contribution is 2.39. The molecule has 0 radical (unpaired) electrons. The second-order valence-corrected chi connectivity index (χ2v) is 6.03. The van der Waals surface area contributed by atoms with E-state index in [0.29, 0.717) is 5.92 Å². The summed E-state index contributed by atoms with van der Waals surface area (Å²) in [6, 6.07) is 4.68. The van der Waals surface area contributed by atoms with Crippen LogP contribution in [0.5, 0.6) is 0 Å². The Kier molecular flexibility index (Phi) is 3.31. The summed E-state index contributed by atoms with van der Waals surface area (Å²) in [5, 5.41) is 0. The van der Waals surface area contributed by atoms with E-state index in [9.17, 15) is 0 Å². The van der Waals surface area contributed by atoms with Crippen molar-refractivity contribution in [3.05, 3.63) is 34.4 Å². The molecule has 0 heterocycles. The van der Waals surface area contributed by atoms with Crippen molar-refractivity contribution >= 4 is 0 Å². The van der Waals surface area contributed by atoms with Gasteiger partial charge in [-0.15, -0.1) is 0 Å². The van der Waals surface area contributed by atoms with E-state index in [1.54, 1.807) is 0 Å². The fraction of sp³-hybridized carbons (Fsp3) is 0.625. The Bertz CT molecular complexity index is 412. The fourth-order valence-electron chi connectivity index (χ4n) is 3.01. The predicted octanol–water partition coefficient (Wildman–Crippen LogP) is 4.15. The lowest BCUT2D eigenvalue weighted by molar-refractivity contribution is 0.458. The van der Waals surface area contributed by atoms with Gasteiger partial charge in [-0.3, -0.25) is 0 Å². The van der Waals surface area contributed by atoms with E-state index in [2.05, 4.69) is 39.8 Å². The van der Waals surface area contributed by atoms with Crippen molar-refractivity contribution in [1.29, 1.82) is 0 Å². The molecular formula is C16H25N. The van der Waals surface area contributed by atoms with Crippen molar-refractivity contribution in [1.82, 2.24) is 0 Å². The van der Waals surface area contributed by atoms with Crippen molar-refractivity contribution in [3.63, 3.8) is 0 Å². The van der Waals surface area contributed by atoms with Crippen LogP contribution >= 0.6 is 0 Å². The maximum atomic E-state index is 6.62. The molecule has 1 aliphatic rings. The molecule has 0 bridgehead atoms. The van der Waals surface area contributed by atoms with Gasteiger partial charge >= 0.3 is 0 Å². The lowest BCUT2D eigenvalue weighted by Gasteiger charge is -2.28.